The van der Waals surface area contributed by atoms with Gasteiger partial charge in [0, 0.05) is 31.3 Å². The Kier molecular flexibility index (Phi) is 6.66. The largest absolute Gasteiger partial charge is 0.497 e. The zero-order valence-electron chi connectivity index (χ0n) is 14.9. The van der Waals surface area contributed by atoms with Gasteiger partial charge < -0.3 is 14.8 Å². The van der Waals surface area contributed by atoms with E-state index in [1.54, 1.807) is 25.1 Å². The summed E-state index contributed by atoms with van der Waals surface area (Å²) in [5.41, 5.74) is 0.449. The van der Waals surface area contributed by atoms with Gasteiger partial charge in [0.05, 0.1) is 20.0 Å². The summed E-state index contributed by atoms with van der Waals surface area (Å²) >= 11 is 0. The Morgan fingerprint density at radius 2 is 1.88 bits per heavy atom. The molecule has 1 aliphatic rings. The van der Waals surface area contributed by atoms with Crippen LogP contribution in [0.4, 0.5) is 0 Å². The van der Waals surface area contributed by atoms with Crippen molar-refractivity contribution in [3.8, 4) is 11.5 Å². The molecule has 1 aromatic carbocycles. The maximum Gasteiger partial charge on any atom is 0.251 e. The van der Waals surface area contributed by atoms with Crippen LogP contribution in [0.3, 0.4) is 0 Å². The molecule has 0 aromatic heterocycles. The normalized spacial score (nSPS) is 18.6. The van der Waals surface area contributed by atoms with Crippen LogP contribution in [0.1, 0.15) is 30.1 Å². The standard InChI is InChI=1S/C17H26N2O5S/c1-4-25(21,22)19-7-5-6-13(12-19)11-18-17(20)14-8-15(23-2)10-16(9-14)24-3/h8-10,13H,4-7,11-12H2,1-3H3,(H,18,20). The van der Waals surface area contributed by atoms with E-state index >= 15 is 0 Å². The van der Waals surface area contributed by atoms with E-state index in [2.05, 4.69) is 5.32 Å². The molecule has 0 spiro atoms. The number of benzene rings is 1. The monoisotopic (exact) mass is 370 g/mol. The van der Waals surface area contributed by atoms with E-state index in [1.165, 1.54) is 18.5 Å². The molecule has 1 atom stereocenters. The topological polar surface area (TPSA) is 84.9 Å². The van der Waals surface area contributed by atoms with Gasteiger partial charge in [-0.25, -0.2) is 12.7 Å². The van der Waals surface area contributed by atoms with Gasteiger partial charge in [0.15, 0.2) is 0 Å². The first-order chi connectivity index (χ1) is 11.9. The fourth-order valence-corrected chi connectivity index (χ4v) is 4.12. The van der Waals surface area contributed by atoms with Gasteiger partial charge in [-0.15, -0.1) is 0 Å². The van der Waals surface area contributed by atoms with Crippen molar-refractivity contribution in [3.05, 3.63) is 23.8 Å². The molecule has 1 fully saturated rings. The average Bonchev–Trinajstić information content (AvgIpc) is 2.65. The Bertz CT molecular complexity index is 683. The van der Waals surface area contributed by atoms with Crippen LogP contribution in [0.15, 0.2) is 18.2 Å². The molecule has 1 N–H and O–H groups in total. The fourth-order valence-electron chi connectivity index (χ4n) is 2.91. The lowest BCUT2D eigenvalue weighted by atomic mass is 9.99. The fraction of sp³-hybridized carbons (Fsp3) is 0.588. The Balaban J connectivity index is 1.98. The summed E-state index contributed by atoms with van der Waals surface area (Å²) in [7, 11) is -0.117. The number of piperidine rings is 1. The number of sulfonamides is 1. The number of rotatable bonds is 7. The van der Waals surface area contributed by atoms with E-state index in [1.807, 2.05) is 0 Å². The molecule has 1 amide bonds. The molecular weight excluding hydrogens is 344 g/mol. The van der Waals surface area contributed by atoms with Crippen molar-refractivity contribution >= 4 is 15.9 Å². The quantitative estimate of drug-likeness (QED) is 0.786. The minimum absolute atomic E-state index is 0.107. The van der Waals surface area contributed by atoms with Gasteiger partial charge in [-0.2, -0.15) is 0 Å². The Morgan fingerprint density at radius 1 is 1.24 bits per heavy atom. The second kappa shape index (κ2) is 8.53. The number of carbonyl (C=O) groups is 1. The highest BCUT2D eigenvalue weighted by atomic mass is 32.2. The Labute approximate surface area is 149 Å². The minimum atomic E-state index is -3.18. The number of nitrogens with zero attached hydrogens (tertiary/aromatic N) is 1. The van der Waals surface area contributed by atoms with E-state index < -0.39 is 10.0 Å². The molecule has 2 rings (SSSR count). The van der Waals surface area contributed by atoms with Gasteiger partial charge in [-0.1, -0.05) is 0 Å². The van der Waals surface area contributed by atoms with Crippen molar-refractivity contribution in [1.82, 2.24) is 9.62 Å². The van der Waals surface area contributed by atoms with Crippen LogP contribution in [0.2, 0.25) is 0 Å². The van der Waals surface area contributed by atoms with Crippen molar-refractivity contribution in [2.24, 2.45) is 5.92 Å². The van der Waals surface area contributed by atoms with E-state index in [0.717, 1.165) is 12.8 Å². The molecule has 7 nitrogen and oxygen atoms in total. The maximum absolute atomic E-state index is 12.4. The third-order valence-corrected chi connectivity index (χ3v) is 6.25. The molecule has 0 bridgehead atoms. The van der Waals surface area contributed by atoms with Gasteiger partial charge in [0.25, 0.3) is 5.91 Å². The predicted molar refractivity (Wildman–Crippen MR) is 95.6 cm³/mol. The molecule has 140 valence electrons. The molecule has 1 aliphatic heterocycles. The number of methoxy groups -OCH3 is 2. The molecular formula is C17H26N2O5S. The number of nitrogens with one attached hydrogen (secondary N) is 1. The van der Waals surface area contributed by atoms with Crippen molar-refractivity contribution < 1.29 is 22.7 Å². The number of ether oxygens (including phenoxy) is 2. The molecule has 1 aromatic rings. The lowest BCUT2D eigenvalue weighted by Gasteiger charge is -2.31. The molecule has 0 aliphatic carbocycles. The van der Waals surface area contributed by atoms with E-state index in [9.17, 15) is 13.2 Å². The van der Waals surface area contributed by atoms with Gasteiger partial charge in [0.1, 0.15) is 11.5 Å². The molecule has 0 saturated carbocycles. The number of hydrogen-bond donors (Lipinski definition) is 1. The summed E-state index contributed by atoms with van der Waals surface area (Å²) in [4.78, 5) is 12.4. The van der Waals surface area contributed by atoms with Crippen LogP contribution in [0.5, 0.6) is 11.5 Å². The van der Waals surface area contributed by atoms with Crippen LogP contribution >= 0.6 is 0 Å². The highest BCUT2D eigenvalue weighted by molar-refractivity contribution is 7.89. The lowest BCUT2D eigenvalue weighted by molar-refractivity contribution is 0.0941. The number of hydrogen-bond acceptors (Lipinski definition) is 5. The third-order valence-electron chi connectivity index (χ3n) is 4.40. The maximum atomic E-state index is 12.4. The van der Waals surface area contributed by atoms with Gasteiger partial charge >= 0.3 is 0 Å². The third kappa shape index (κ3) is 5.09. The number of amides is 1. The predicted octanol–water partition coefficient (Wildman–Crippen LogP) is 1.50. The highest BCUT2D eigenvalue weighted by Crippen LogP contribution is 2.23. The second-order valence-corrected chi connectivity index (χ2v) is 8.34. The Hall–Kier alpha value is -1.80. The van der Waals surface area contributed by atoms with Gasteiger partial charge in [0.2, 0.25) is 10.0 Å². The van der Waals surface area contributed by atoms with E-state index in [4.69, 9.17) is 9.47 Å². The summed E-state index contributed by atoms with van der Waals surface area (Å²) in [6.45, 7) is 3.11. The van der Waals surface area contributed by atoms with Crippen LogP contribution in [-0.2, 0) is 10.0 Å². The SMILES string of the molecule is CCS(=O)(=O)N1CCCC(CNC(=O)c2cc(OC)cc(OC)c2)C1. The van der Waals surface area contributed by atoms with Crippen molar-refractivity contribution in [3.63, 3.8) is 0 Å². The molecule has 1 unspecified atom stereocenters. The molecule has 0 radical (unpaired) electrons. The van der Waals surface area contributed by atoms with Crippen molar-refractivity contribution in [2.45, 2.75) is 19.8 Å². The first-order valence-electron chi connectivity index (χ1n) is 8.38. The second-order valence-electron chi connectivity index (χ2n) is 6.08. The highest BCUT2D eigenvalue weighted by Gasteiger charge is 2.27. The summed E-state index contributed by atoms with van der Waals surface area (Å²) in [6.07, 6.45) is 1.71. The van der Waals surface area contributed by atoms with Crippen molar-refractivity contribution in [1.29, 1.82) is 0 Å². The first-order valence-corrected chi connectivity index (χ1v) is 9.99. The zero-order chi connectivity index (χ0) is 18.4. The summed E-state index contributed by atoms with van der Waals surface area (Å²) in [5, 5.41) is 2.89. The van der Waals surface area contributed by atoms with Gasteiger partial charge in [-0.05, 0) is 37.8 Å². The minimum Gasteiger partial charge on any atom is -0.497 e. The molecule has 8 heteroatoms. The summed E-state index contributed by atoms with van der Waals surface area (Å²) in [5.74, 6) is 1.08. The summed E-state index contributed by atoms with van der Waals surface area (Å²) < 4.78 is 35.9. The zero-order valence-corrected chi connectivity index (χ0v) is 15.8. The lowest BCUT2D eigenvalue weighted by Crippen LogP contribution is -2.44. The Morgan fingerprint density at radius 3 is 2.44 bits per heavy atom. The first kappa shape index (κ1) is 19.5. The van der Waals surface area contributed by atoms with Crippen LogP contribution in [0.25, 0.3) is 0 Å². The van der Waals surface area contributed by atoms with Crippen LogP contribution in [0, 0.1) is 5.92 Å². The van der Waals surface area contributed by atoms with E-state index in [0.29, 0.717) is 36.7 Å². The molecule has 25 heavy (non-hydrogen) atoms. The van der Waals surface area contributed by atoms with Crippen LogP contribution in [-0.4, -0.2) is 58.2 Å². The molecule has 1 saturated heterocycles. The summed E-state index contributed by atoms with van der Waals surface area (Å²) in [6, 6.07) is 4.99. The smallest absolute Gasteiger partial charge is 0.251 e. The van der Waals surface area contributed by atoms with Gasteiger partial charge in [-0.3, -0.25) is 4.79 Å². The van der Waals surface area contributed by atoms with E-state index in [-0.39, 0.29) is 17.6 Å². The van der Waals surface area contributed by atoms with Crippen molar-refractivity contribution in [2.75, 3.05) is 39.6 Å². The van der Waals surface area contributed by atoms with Crippen LogP contribution < -0.4 is 14.8 Å². The number of carbonyl (C=O) groups excluding carboxylic acids is 1. The average molecular weight is 370 g/mol. The molecule has 1 heterocycles.